The van der Waals surface area contributed by atoms with Gasteiger partial charge in [-0.05, 0) is 30.3 Å². The van der Waals surface area contributed by atoms with E-state index in [1.54, 1.807) is 30.3 Å². The lowest BCUT2D eigenvalue weighted by Gasteiger charge is -2.08. The van der Waals surface area contributed by atoms with Gasteiger partial charge in [0.25, 0.3) is 0 Å². The predicted molar refractivity (Wildman–Crippen MR) is 82.9 cm³/mol. The number of methoxy groups -OCH3 is 1. The van der Waals surface area contributed by atoms with Gasteiger partial charge < -0.3 is 14.2 Å². The molecule has 0 atom stereocenters. The summed E-state index contributed by atoms with van der Waals surface area (Å²) in [6, 6.07) is 8.41. The zero-order chi connectivity index (χ0) is 15.9. The van der Waals surface area contributed by atoms with Crippen molar-refractivity contribution in [2.75, 3.05) is 13.7 Å². The van der Waals surface area contributed by atoms with Crippen molar-refractivity contribution in [3.63, 3.8) is 0 Å². The van der Waals surface area contributed by atoms with Crippen LogP contribution in [0.15, 0.2) is 36.5 Å². The van der Waals surface area contributed by atoms with Crippen molar-refractivity contribution in [1.82, 2.24) is 4.98 Å². The van der Waals surface area contributed by atoms with Gasteiger partial charge in [0.05, 0.1) is 25.2 Å². The highest BCUT2D eigenvalue weighted by Gasteiger charge is 2.06. The normalized spacial score (nSPS) is 10.1. The van der Waals surface area contributed by atoms with Crippen LogP contribution in [0.25, 0.3) is 0 Å². The second-order valence-electron chi connectivity index (χ2n) is 4.19. The molecule has 0 N–H and O–H groups in total. The van der Waals surface area contributed by atoms with E-state index in [1.165, 1.54) is 13.3 Å². The number of nitrogens with zero attached hydrogens (tertiary/aromatic N) is 1. The second-order valence-corrected chi connectivity index (χ2v) is 5.03. The van der Waals surface area contributed by atoms with Gasteiger partial charge in [-0.1, -0.05) is 23.2 Å². The largest absolute Gasteiger partial charge is 0.493 e. The van der Waals surface area contributed by atoms with Gasteiger partial charge in [0.1, 0.15) is 16.5 Å². The summed E-state index contributed by atoms with van der Waals surface area (Å²) >= 11 is 11.8. The third-order valence-corrected chi connectivity index (χ3v) is 3.09. The Morgan fingerprint density at radius 2 is 1.86 bits per heavy atom. The van der Waals surface area contributed by atoms with Crippen LogP contribution in [0.1, 0.15) is 6.42 Å². The Bertz CT molecular complexity index is 646. The van der Waals surface area contributed by atoms with Gasteiger partial charge in [0.2, 0.25) is 5.88 Å². The summed E-state index contributed by atoms with van der Waals surface area (Å²) in [7, 11) is 1.34. The fourth-order valence-electron chi connectivity index (χ4n) is 1.55. The quantitative estimate of drug-likeness (QED) is 0.739. The maximum absolute atomic E-state index is 11.0. The average molecular weight is 342 g/mol. The van der Waals surface area contributed by atoms with Crippen molar-refractivity contribution in [3.05, 3.63) is 46.6 Å². The summed E-state index contributed by atoms with van der Waals surface area (Å²) in [5.74, 6) is 1.12. The van der Waals surface area contributed by atoms with Crippen LogP contribution >= 0.6 is 23.2 Å². The lowest BCUT2D eigenvalue weighted by molar-refractivity contribution is -0.141. The Kier molecular flexibility index (Phi) is 5.86. The summed E-state index contributed by atoms with van der Waals surface area (Å²) in [6.07, 6.45) is 1.64. The minimum Gasteiger partial charge on any atom is -0.493 e. The molecule has 0 fully saturated rings. The molecular formula is C15H13Cl2NO4. The number of rotatable bonds is 6. The molecule has 5 nitrogen and oxygen atoms in total. The molecule has 1 heterocycles. The summed E-state index contributed by atoms with van der Waals surface area (Å²) in [5.41, 5.74) is 0. The second kappa shape index (κ2) is 7.87. The van der Waals surface area contributed by atoms with Crippen LogP contribution in [-0.4, -0.2) is 24.7 Å². The summed E-state index contributed by atoms with van der Waals surface area (Å²) in [5, 5.41) is 0.762. The van der Waals surface area contributed by atoms with Gasteiger partial charge in [0, 0.05) is 6.20 Å². The third kappa shape index (κ3) is 4.79. The first-order valence-electron chi connectivity index (χ1n) is 6.37. The molecule has 0 bridgehead atoms. The SMILES string of the molecule is COC(=O)CCOc1ccc(Oc2ncc(Cl)cc2Cl)cc1. The van der Waals surface area contributed by atoms with E-state index in [9.17, 15) is 4.79 Å². The number of carbonyl (C=O) groups excluding carboxylic acids is 1. The standard InChI is InChI=1S/C15H13Cl2NO4/c1-20-14(19)6-7-21-11-2-4-12(5-3-11)22-15-13(17)8-10(16)9-18-15/h2-5,8-9H,6-7H2,1H3. The van der Waals surface area contributed by atoms with Crippen LogP contribution in [0, 0.1) is 0 Å². The molecule has 0 spiro atoms. The van der Waals surface area contributed by atoms with E-state index in [2.05, 4.69) is 9.72 Å². The van der Waals surface area contributed by atoms with Crippen LogP contribution in [0.4, 0.5) is 0 Å². The molecule has 0 saturated carbocycles. The minimum absolute atomic E-state index is 0.194. The van der Waals surface area contributed by atoms with Gasteiger partial charge in [-0.15, -0.1) is 0 Å². The molecule has 0 saturated heterocycles. The lowest BCUT2D eigenvalue weighted by atomic mass is 10.3. The number of carbonyl (C=O) groups is 1. The number of hydrogen-bond acceptors (Lipinski definition) is 5. The highest BCUT2D eigenvalue weighted by Crippen LogP contribution is 2.29. The van der Waals surface area contributed by atoms with E-state index in [-0.39, 0.29) is 24.9 Å². The first-order valence-corrected chi connectivity index (χ1v) is 7.12. The van der Waals surface area contributed by atoms with Gasteiger partial charge in [-0.3, -0.25) is 4.79 Å². The molecule has 1 aromatic carbocycles. The van der Waals surface area contributed by atoms with E-state index in [0.29, 0.717) is 21.5 Å². The van der Waals surface area contributed by atoms with E-state index in [4.69, 9.17) is 32.7 Å². The summed E-state index contributed by atoms with van der Waals surface area (Å²) in [6.45, 7) is 0.247. The van der Waals surface area contributed by atoms with Crippen molar-refractivity contribution in [1.29, 1.82) is 0 Å². The number of halogens is 2. The number of pyridine rings is 1. The van der Waals surface area contributed by atoms with E-state index >= 15 is 0 Å². The fourth-order valence-corrected chi connectivity index (χ4v) is 1.97. The monoisotopic (exact) mass is 341 g/mol. The van der Waals surface area contributed by atoms with Crippen molar-refractivity contribution >= 4 is 29.2 Å². The van der Waals surface area contributed by atoms with Crippen molar-refractivity contribution in [3.8, 4) is 17.4 Å². The number of benzene rings is 1. The summed E-state index contributed by atoms with van der Waals surface area (Å²) < 4.78 is 15.5. The van der Waals surface area contributed by atoms with E-state index in [1.807, 2.05) is 0 Å². The topological polar surface area (TPSA) is 57.7 Å². The Hall–Kier alpha value is -1.98. The number of ether oxygens (including phenoxy) is 3. The Balaban J connectivity index is 1.92. The zero-order valence-electron chi connectivity index (χ0n) is 11.7. The van der Waals surface area contributed by atoms with E-state index in [0.717, 1.165) is 0 Å². The number of aromatic nitrogens is 1. The third-order valence-electron chi connectivity index (χ3n) is 2.61. The molecule has 2 rings (SSSR count). The Morgan fingerprint density at radius 1 is 1.18 bits per heavy atom. The van der Waals surface area contributed by atoms with Gasteiger partial charge in [0.15, 0.2) is 0 Å². The number of esters is 1. The predicted octanol–water partition coefficient (Wildman–Crippen LogP) is 4.12. The van der Waals surface area contributed by atoms with Gasteiger partial charge in [-0.2, -0.15) is 0 Å². The molecule has 0 aliphatic rings. The van der Waals surface area contributed by atoms with Crippen molar-refractivity contribution in [2.24, 2.45) is 0 Å². The Morgan fingerprint density at radius 3 is 2.50 bits per heavy atom. The molecule has 0 radical (unpaired) electrons. The molecule has 116 valence electrons. The van der Waals surface area contributed by atoms with Crippen LogP contribution in [0.3, 0.4) is 0 Å². The Labute approximate surface area is 137 Å². The van der Waals surface area contributed by atoms with E-state index < -0.39 is 0 Å². The van der Waals surface area contributed by atoms with Crippen LogP contribution in [-0.2, 0) is 9.53 Å². The molecule has 0 unspecified atom stereocenters. The molecule has 7 heteroatoms. The van der Waals surface area contributed by atoms with Crippen molar-refractivity contribution in [2.45, 2.75) is 6.42 Å². The molecule has 22 heavy (non-hydrogen) atoms. The average Bonchev–Trinajstić information content (AvgIpc) is 2.51. The molecule has 0 amide bonds. The molecule has 0 aliphatic carbocycles. The molecular weight excluding hydrogens is 329 g/mol. The van der Waals surface area contributed by atoms with Gasteiger partial charge >= 0.3 is 5.97 Å². The highest BCUT2D eigenvalue weighted by molar-refractivity contribution is 6.35. The molecule has 0 aliphatic heterocycles. The first kappa shape index (κ1) is 16.4. The van der Waals surface area contributed by atoms with Crippen LogP contribution in [0.2, 0.25) is 10.0 Å². The first-order chi connectivity index (χ1) is 10.6. The van der Waals surface area contributed by atoms with Crippen LogP contribution in [0.5, 0.6) is 17.4 Å². The lowest BCUT2D eigenvalue weighted by Crippen LogP contribution is -2.07. The number of hydrogen-bond donors (Lipinski definition) is 0. The summed E-state index contributed by atoms with van der Waals surface area (Å²) in [4.78, 5) is 15.0. The maximum Gasteiger partial charge on any atom is 0.308 e. The van der Waals surface area contributed by atoms with Crippen molar-refractivity contribution < 1.29 is 19.0 Å². The molecule has 1 aromatic heterocycles. The van der Waals surface area contributed by atoms with Crippen LogP contribution < -0.4 is 9.47 Å². The zero-order valence-corrected chi connectivity index (χ0v) is 13.2. The highest BCUT2D eigenvalue weighted by atomic mass is 35.5. The van der Waals surface area contributed by atoms with Gasteiger partial charge in [-0.25, -0.2) is 4.98 Å². The minimum atomic E-state index is -0.316. The fraction of sp³-hybridized carbons (Fsp3) is 0.200. The molecule has 2 aromatic rings. The maximum atomic E-state index is 11.0. The smallest absolute Gasteiger partial charge is 0.308 e.